The fourth-order valence-electron chi connectivity index (χ4n) is 9.60. The number of phenols is 8. The number of rotatable bonds is 3. The fraction of sp³-hybridized carbons (Fsp3) is 0.0588. The highest BCUT2D eigenvalue weighted by Gasteiger charge is 2.38. The van der Waals surface area contributed by atoms with Gasteiger partial charge in [0, 0.05) is 48.9 Å². The van der Waals surface area contributed by atoms with E-state index in [9.17, 15) is 40.9 Å². The van der Waals surface area contributed by atoms with Crippen molar-refractivity contribution in [3.05, 3.63) is 132 Å². The quantitative estimate of drug-likeness (QED) is 0.0492. The van der Waals surface area contributed by atoms with E-state index in [1.165, 1.54) is 0 Å². The molecule has 0 radical (unpaired) electrons. The predicted octanol–water partition coefficient (Wildman–Crippen LogP) is 12.0. The average Bonchev–Trinajstić information content (AvgIpc) is 3.76. The molecule has 1 aliphatic carbocycles. The molecule has 0 fully saturated rings. The number of furan rings is 1. The fourth-order valence-corrected chi connectivity index (χ4v) is 9.60. The van der Waals surface area contributed by atoms with E-state index >= 15 is 0 Å². The van der Waals surface area contributed by atoms with Gasteiger partial charge in [-0.25, -0.2) is 0 Å². The molecule has 0 aliphatic heterocycles. The van der Waals surface area contributed by atoms with Crippen LogP contribution in [0.2, 0.25) is 0 Å². The molecule has 1 aromatic heterocycles. The van der Waals surface area contributed by atoms with Crippen LogP contribution < -0.4 is 0 Å². The maximum atomic E-state index is 11.9. The van der Waals surface area contributed by atoms with Gasteiger partial charge >= 0.3 is 0 Å². The third-order valence-electron chi connectivity index (χ3n) is 12.5. The molecule has 0 spiro atoms. The van der Waals surface area contributed by atoms with Crippen molar-refractivity contribution in [2.75, 3.05) is 0 Å². The van der Waals surface area contributed by atoms with Crippen molar-refractivity contribution in [1.82, 2.24) is 0 Å². The Balaban J connectivity index is 1.25. The van der Waals surface area contributed by atoms with E-state index in [4.69, 9.17) is 4.42 Å². The van der Waals surface area contributed by atoms with E-state index in [0.717, 1.165) is 49.5 Å². The smallest absolute Gasteiger partial charge is 0.204 e. The van der Waals surface area contributed by atoms with E-state index in [1.54, 1.807) is 24.3 Å². The van der Waals surface area contributed by atoms with Crippen molar-refractivity contribution in [3.8, 4) is 90.5 Å². The van der Waals surface area contributed by atoms with Crippen molar-refractivity contribution in [1.29, 1.82) is 0 Å². The zero-order valence-corrected chi connectivity index (χ0v) is 32.0. The largest absolute Gasteiger partial charge is 0.504 e. The Hall–Kier alpha value is -8.04. The van der Waals surface area contributed by atoms with Gasteiger partial charge in [-0.05, 0) is 85.6 Å². The second-order valence-electron chi connectivity index (χ2n) is 16.0. The average molecular weight is 791 g/mol. The molecule has 0 saturated carbocycles. The van der Waals surface area contributed by atoms with E-state index < -0.39 is 51.4 Å². The standard InChI is InChI=1S/C51H34O9/c1-51(2)32-21-25(23-8-4-3-5-9-23)12-16-29(32)30-17-13-27(22-33(30)51)37-41-39(43(52)47(56)49(58)45(41)54)36(40-42(37)46(55)50(59)48(57)44(40)53)26-15-18-34-31(20-26)38-28-11-7-6-10-24(28)14-19-35(38)60-34/h3-22,52-59H,1-2H3. The van der Waals surface area contributed by atoms with Crippen LogP contribution in [0.3, 0.4) is 0 Å². The molecule has 9 nitrogen and oxygen atoms in total. The van der Waals surface area contributed by atoms with Crippen LogP contribution in [0, 0.1) is 0 Å². The molecular weight excluding hydrogens is 757 g/mol. The molecule has 10 aromatic rings. The summed E-state index contributed by atoms with van der Waals surface area (Å²) >= 11 is 0. The number of hydrogen-bond donors (Lipinski definition) is 8. The van der Waals surface area contributed by atoms with E-state index in [1.807, 2.05) is 66.7 Å². The van der Waals surface area contributed by atoms with Crippen LogP contribution in [0.25, 0.3) is 98.8 Å². The minimum atomic E-state index is -1.03. The molecule has 11 rings (SSSR count). The molecule has 8 N–H and O–H groups in total. The molecule has 0 amide bonds. The number of hydrogen-bond acceptors (Lipinski definition) is 9. The van der Waals surface area contributed by atoms with Gasteiger partial charge in [0.25, 0.3) is 0 Å². The molecule has 0 atom stereocenters. The van der Waals surface area contributed by atoms with Crippen LogP contribution in [0.5, 0.6) is 46.0 Å². The van der Waals surface area contributed by atoms with Crippen LogP contribution in [0.15, 0.2) is 126 Å². The Bertz CT molecular complexity index is 3460. The SMILES string of the molecule is CC1(C)c2cc(-c3ccccc3)ccc2-c2ccc(-c3c4c(O)c(O)c(O)c(O)c4c(-c4ccc5oc6ccc7ccccc7c6c5c4)c4c(O)c(O)c(O)c(O)c34)cc21. The monoisotopic (exact) mass is 790 g/mol. The lowest BCUT2D eigenvalue weighted by Crippen LogP contribution is -2.15. The highest BCUT2D eigenvalue weighted by molar-refractivity contribution is 6.29. The molecule has 1 aliphatic rings. The topological polar surface area (TPSA) is 175 Å². The minimum absolute atomic E-state index is 0.00434. The van der Waals surface area contributed by atoms with Gasteiger partial charge in [-0.15, -0.1) is 0 Å². The summed E-state index contributed by atoms with van der Waals surface area (Å²) in [7, 11) is 0. The molecule has 60 heavy (non-hydrogen) atoms. The first-order valence-electron chi connectivity index (χ1n) is 19.3. The number of fused-ring (bicyclic) bond motifs is 10. The lowest BCUT2D eigenvalue weighted by Gasteiger charge is -2.24. The first kappa shape index (κ1) is 35.1. The summed E-state index contributed by atoms with van der Waals surface area (Å²) in [6.07, 6.45) is 0. The van der Waals surface area contributed by atoms with Gasteiger partial charge in [-0.1, -0.05) is 105 Å². The zero-order valence-electron chi connectivity index (χ0n) is 32.0. The molecular formula is C51H34O9. The van der Waals surface area contributed by atoms with Gasteiger partial charge in [0.15, 0.2) is 23.0 Å². The Morgan fingerprint density at radius 3 is 1.42 bits per heavy atom. The highest BCUT2D eigenvalue weighted by Crippen LogP contribution is 2.62. The van der Waals surface area contributed by atoms with Crippen molar-refractivity contribution in [2.45, 2.75) is 19.3 Å². The van der Waals surface area contributed by atoms with E-state index in [0.29, 0.717) is 27.7 Å². The number of phenolic OH excluding ortho intramolecular Hbond substituents is 8. The Morgan fingerprint density at radius 2 is 0.833 bits per heavy atom. The van der Waals surface area contributed by atoms with Crippen molar-refractivity contribution < 1.29 is 45.3 Å². The van der Waals surface area contributed by atoms with Crippen LogP contribution in [0.4, 0.5) is 0 Å². The van der Waals surface area contributed by atoms with Crippen molar-refractivity contribution in [2.24, 2.45) is 0 Å². The highest BCUT2D eigenvalue weighted by atomic mass is 16.4. The van der Waals surface area contributed by atoms with Gasteiger partial charge in [-0.2, -0.15) is 0 Å². The first-order chi connectivity index (χ1) is 28.9. The summed E-state index contributed by atoms with van der Waals surface area (Å²) in [6, 6.07) is 38.6. The zero-order chi connectivity index (χ0) is 41.5. The summed E-state index contributed by atoms with van der Waals surface area (Å²) < 4.78 is 6.24. The Morgan fingerprint density at radius 1 is 0.367 bits per heavy atom. The molecule has 292 valence electrons. The predicted molar refractivity (Wildman–Crippen MR) is 233 cm³/mol. The summed E-state index contributed by atoms with van der Waals surface area (Å²) in [5.74, 6) is -7.45. The van der Waals surface area contributed by atoms with Gasteiger partial charge in [0.05, 0.1) is 0 Å². The third kappa shape index (κ3) is 4.51. The summed E-state index contributed by atoms with van der Waals surface area (Å²) in [6.45, 7) is 4.18. The van der Waals surface area contributed by atoms with Crippen LogP contribution in [0.1, 0.15) is 25.0 Å². The number of aromatic hydroxyl groups is 8. The molecule has 9 heteroatoms. The van der Waals surface area contributed by atoms with Gasteiger partial charge in [0.1, 0.15) is 11.2 Å². The molecule has 0 saturated heterocycles. The minimum Gasteiger partial charge on any atom is -0.504 e. The van der Waals surface area contributed by atoms with Crippen LogP contribution >= 0.6 is 0 Å². The Kier molecular flexibility index (Phi) is 7.03. The molecule has 1 heterocycles. The molecule has 9 aromatic carbocycles. The van der Waals surface area contributed by atoms with Gasteiger partial charge < -0.3 is 45.3 Å². The molecule has 0 bridgehead atoms. The third-order valence-corrected chi connectivity index (χ3v) is 12.5. The lowest BCUT2D eigenvalue weighted by molar-refractivity contribution is 0.350. The maximum absolute atomic E-state index is 11.9. The summed E-state index contributed by atoms with van der Waals surface area (Å²) in [5.41, 5.74) is 7.21. The second kappa shape index (κ2) is 12.0. The van der Waals surface area contributed by atoms with Crippen molar-refractivity contribution >= 4 is 54.3 Å². The lowest BCUT2D eigenvalue weighted by atomic mass is 9.79. The second-order valence-corrected chi connectivity index (χ2v) is 16.0. The van der Waals surface area contributed by atoms with E-state index in [-0.39, 0.29) is 32.7 Å². The van der Waals surface area contributed by atoms with E-state index in [2.05, 4.69) is 44.2 Å². The van der Waals surface area contributed by atoms with Crippen molar-refractivity contribution in [3.63, 3.8) is 0 Å². The summed E-state index contributed by atoms with van der Waals surface area (Å²) in [5, 5.41) is 94.6. The van der Waals surface area contributed by atoms with Crippen LogP contribution in [-0.2, 0) is 5.41 Å². The van der Waals surface area contributed by atoms with Crippen LogP contribution in [-0.4, -0.2) is 40.9 Å². The first-order valence-corrected chi connectivity index (χ1v) is 19.3. The normalized spacial score (nSPS) is 13.2. The van der Waals surface area contributed by atoms with Gasteiger partial charge in [0.2, 0.25) is 23.0 Å². The summed E-state index contributed by atoms with van der Waals surface area (Å²) in [4.78, 5) is 0. The number of benzene rings is 9. The Labute approximate surface area is 340 Å². The maximum Gasteiger partial charge on any atom is 0.204 e. The molecule has 0 unspecified atom stereocenters. The van der Waals surface area contributed by atoms with Gasteiger partial charge in [-0.3, -0.25) is 0 Å².